The zero-order valence-electron chi connectivity index (χ0n) is 16.1. The van der Waals surface area contributed by atoms with Crippen molar-refractivity contribution in [1.82, 2.24) is 4.98 Å². The smallest absolute Gasteiger partial charge is 0.268 e. The van der Waals surface area contributed by atoms with E-state index in [9.17, 15) is 4.79 Å². The normalized spacial score (nSPS) is 16.8. The van der Waals surface area contributed by atoms with Gasteiger partial charge >= 0.3 is 0 Å². The number of anilines is 1. The molecule has 0 N–H and O–H groups in total. The van der Waals surface area contributed by atoms with E-state index >= 15 is 0 Å². The number of nitrogens with zero attached hydrogens (tertiary/aromatic N) is 3. The van der Waals surface area contributed by atoms with Crippen molar-refractivity contribution in [2.45, 2.75) is 6.92 Å². The van der Waals surface area contributed by atoms with Crippen molar-refractivity contribution in [3.63, 3.8) is 0 Å². The van der Waals surface area contributed by atoms with Crippen LogP contribution in [-0.4, -0.2) is 16.1 Å². The molecule has 1 aliphatic heterocycles. The van der Waals surface area contributed by atoms with Gasteiger partial charge in [0.25, 0.3) is 5.91 Å². The third kappa shape index (κ3) is 3.67. The van der Waals surface area contributed by atoms with Crippen LogP contribution in [-0.2, 0) is 4.79 Å². The number of hydrogen-bond donors (Lipinski definition) is 0. The predicted octanol–water partition coefficient (Wildman–Crippen LogP) is 6.41. The van der Waals surface area contributed by atoms with E-state index in [0.717, 1.165) is 32.2 Å². The minimum atomic E-state index is -0.0681. The zero-order valence-corrected chi connectivity index (χ0v) is 17.8. The van der Waals surface area contributed by atoms with E-state index in [2.05, 4.69) is 11.1 Å². The lowest BCUT2D eigenvalue weighted by Crippen LogP contribution is -2.28. The molecule has 1 fully saturated rings. The van der Waals surface area contributed by atoms with Gasteiger partial charge in [0.05, 0.1) is 31.5 Å². The van der Waals surface area contributed by atoms with E-state index in [-0.39, 0.29) is 5.91 Å². The summed E-state index contributed by atoms with van der Waals surface area (Å²) in [6.07, 6.45) is 1.94. The van der Waals surface area contributed by atoms with Gasteiger partial charge in [-0.05, 0) is 66.7 Å². The second-order valence-electron chi connectivity index (χ2n) is 6.78. The predicted molar refractivity (Wildman–Crippen MR) is 127 cm³/mol. The van der Waals surface area contributed by atoms with Crippen LogP contribution in [0, 0.1) is 6.92 Å². The number of thiazole rings is 1. The number of thioether (sulfide) groups is 1. The fourth-order valence-corrected chi connectivity index (χ4v) is 5.14. The SMILES string of the molecule is Cc1nc2ccc(/C=C3\S/C(=N\c4ccccc4)N(c4ccccc4)C3=O)cc2s1. The van der Waals surface area contributed by atoms with Crippen LogP contribution in [0.5, 0.6) is 0 Å². The number of aliphatic imine (C=N–C) groups is 1. The lowest BCUT2D eigenvalue weighted by Gasteiger charge is -2.15. The molecule has 0 atom stereocenters. The van der Waals surface area contributed by atoms with Gasteiger partial charge < -0.3 is 0 Å². The molecule has 1 amide bonds. The number of para-hydroxylation sites is 2. The second-order valence-corrected chi connectivity index (χ2v) is 9.02. The Balaban J connectivity index is 1.57. The van der Waals surface area contributed by atoms with Gasteiger partial charge in [-0.25, -0.2) is 9.98 Å². The number of fused-ring (bicyclic) bond motifs is 1. The van der Waals surface area contributed by atoms with Gasteiger partial charge in [-0.15, -0.1) is 11.3 Å². The number of benzene rings is 3. The molecule has 0 unspecified atom stereocenters. The molecule has 0 saturated carbocycles. The molecule has 0 spiro atoms. The zero-order chi connectivity index (χ0) is 20.5. The summed E-state index contributed by atoms with van der Waals surface area (Å²) >= 11 is 3.06. The van der Waals surface area contributed by atoms with E-state index < -0.39 is 0 Å². The van der Waals surface area contributed by atoms with Gasteiger partial charge in [0.2, 0.25) is 0 Å². The molecule has 30 heavy (non-hydrogen) atoms. The first-order chi connectivity index (χ1) is 14.7. The monoisotopic (exact) mass is 427 g/mol. The van der Waals surface area contributed by atoms with Crippen LogP contribution in [0.1, 0.15) is 10.6 Å². The Bertz CT molecular complexity index is 1290. The van der Waals surface area contributed by atoms with Crippen LogP contribution in [0.3, 0.4) is 0 Å². The molecule has 1 aromatic heterocycles. The van der Waals surface area contributed by atoms with Gasteiger partial charge in [-0.2, -0.15) is 0 Å². The highest BCUT2D eigenvalue weighted by Gasteiger charge is 2.34. The van der Waals surface area contributed by atoms with Gasteiger partial charge in [0.1, 0.15) is 0 Å². The fourth-order valence-electron chi connectivity index (χ4n) is 3.26. The van der Waals surface area contributed by atoms with E-state index in [0.29, 0.717) is 10.1 Å². The van der Waals surface area contributed by atoms with Gasteiger partial charge in [0.15, 0.2) is 5.17 Å². The van der Waals surface area contributed by atoms with Crippen LogP contribution >= 0.6 is 23.1 Å². The highest BCUT2D eigenvalue weighted by atomic mass is 32.2. The molecule has 0 radical (unpaired) electrons. The lowest BCUT2D eigenvalue weighted by molar-refractivity contribution is -0.113. The Morgan fingerprint density at radius 1 is 0.967 bits per heavy atom. The molecule has 1 saturated heterocycles. The summed E-state index contributed by atoms with van der Waals surface area (Å²) < 4.78 is 1.12. The van der Waals surface area contributed by atoms with Crippen molar-refractivity contribution in [1.29, 1.82) is 0 Å². The molecule has 0 bridgehead atoms. The summed E-state index contributed by atoms with van der Waals surface area (Å²) in [4.78, 5) is 24.9. The standard InChI is InChI=1S/C24H17N3OS2/c1-16-25-20-13-12-17(14-21(20)29-16)15-22-23(28)27(19-10-6-3-7-11-19)24(30-22)26-18-8-4-2-5-9-18/h2-15H,1H3/b22-15-,26-24-. The first-order valence-electron chi connectivity index (χ1n) is 9.47. The number of aryl methyl sites for hydroxylation is 1. The lowest BCUT2D eigenvalue weighted by atomic mass is 10.2. The van der Waals surface area contributed by atoms with Crippen LogP contribution in [0.25, 0.3) is 16.3 Å². The van der Waals surface area contributed by atoms with Crippen molar-refractivity contribution < 1.29 is 4.79 Å². The first kappa shape index (κ1) is 18.8. The van der Waals surface area contributed by atoms with Crippen molar-refractivity contribution in [2.24, 2.45) is 4.99 Å². The van der Waals surface area contributed by atoms with E-state index in [4.69, 9.17) is 4.99 Å². The summed E-state index contributed by atoms with van der Waals surface area (Å²) in [6.45, 7) is 2.00. The number of carbonyl (C=O) groups excluding carboxylic acids is 1. The summed E-state index contributed by atoms with van der Waals surface area (Å²) in [7, 11) is 0. The molecule has 0 aliphatic carbocycles. The van der Waals surface area contributed by atoms with E-state index in [1.807, 2.05) is 85.8 Å². The summed E-state index contributed by atoms with van der Waals surface area (Å²) in [5.41, 5.74) is 3.59. The van der Waals surface area contributed by atoms with Crippen LogP contribution in [0.15, 0.2) is 88.8 Å². The molecule has 5 rings (SSSR count). The highest BCUT2D eigenvalue weighted by molar-refractivity contribution is 8.19. The number of amides is 1. The molecule has 4 nitrogen and oxygen atoms in total. The van der Waals surface area contributed by atoms with Crippen molar-refractivity contribution in [3.05, 3.63) is 94.3 Å². The average molecular weight is 428 g/mol. The topological polar surface area (TPSA) is 45.6 Å². The van der Waals surface area contributed by atoms with E-state index in [1.165, 1.54) is 11.8 Å². The van der Waals surface area contributed by atoms with Crippen LogP contribution < -0.4 is 4.90 Å². The highest BCUT2D eigenvalue weighted by Crippen LogP contribution is 2.37. The summed E-state index contributed by atoms with van der Waals surface area (Å²) in [5.74, 6) is -0.0681. The van der Waals surface area contributed by atoms with Crippen molar-refractivity contribution >= 4 is 61.8 Å². The molecular formula is C24H17N3OS2. The summed E-state index contributed by atoms with van der Waals surface area (Å²) in [6, 6.07) is 25.4. The number of amidine groups is 1. The maximum absolute atomic E-state index is 13.3. The maximum Gasteiger partial charge on any atom is 0.271 e. The molecule has 3 aromatic carbocycles. The number of hydrogen-bond acceptors (Lipinski definition) is 5. The fraction of sp³-hybridized carbons (Fsp3) is 0.0417. The van der Waals surface area contributed by atoms with Crippen LogP contribution in [0.2, 0.25) is 0 Å². The largest absolute Gasteiger partial charge is 0.271 e. The van der Waals surface area contributed by atoms with E-state index in [1.54, 1.807) is 16.2 Å². The minimum Gasteiger partial charge on any atom is -0.268 e. The average Bonchev–Trinajstić information content (AvgIpc) is 3.27. The Kier molecular flexibility index (Phi) is 4.94. The molecule has 1 aliphatic rings. The van der Waals surface area contributed by atoms with Crippen molar-refractivity contribution in [2.75, 3.05) is 4.90 Å². The molecule has 2 heterocycles. The van der Waals surface area contributed by atoms with Crippen molar-refractivity contribution in [3.8, 4) is 0 Å². The minimum absolute atomic E-state index is 0.0681. The van der Waals surface area contributed by atoms with Gasteiger partial charge in [-0.1, -0.05) is 42.5 Å². The first-order valence-corrected chi connectivity index (χ1v) is 11.1. The molecule has 146 valence electrons. The number of aromatic nitrogens is 1. The molecule has 4 aromatic rings. The molecular weight excluding hydrogens is 410 g/mol. The quantitative estimate of drug-likeness (QED) is 0.355. The summed E-state index contributed by atoms with van der Waals surface area (Å²) in [5, 5.41) is 1.69. The third-order valence-electron chi connectivity index (χ3n) is 4.62. The second kappa shape index (κ2) is 7.89. The Morgan fingerprint density at radius 3 is 2.47 bits per heavy atom. The van der Waals surface area contributed by atoms with Crippen LogP contribution in [0.4, 0.5) is 11.4 Å². The third-order valence-corrected chi connectivity index (χ3v) is 6.52. The number of carbonyl (C=O) groups is 1. The molecule has 6 heteroatoms. The Morgan fingerprint density at radius 2 is 1.70 bits per heavy atom. The van der Waals surface area contributed by atoms with Gasteiger partial charge in [-0.3, -0.25) is 9.69 Å². The maximum atomic E-state index is 13.3. The van der Waals surface area contributed by atoms with Gasteiger partial charge in [0, 0.05) is 0 Å². The Labute approximate surface area is 182 Å². The number of rotatable bonds is 3. The Hall–Kier alpha value is -3.22.